The molecule has 0 aromatic heterocycles. The Bertz CT molecular complexity index is 330. The number of ether oxygens (including phenoxy) is 1. The maximum Gasteiger partial charge on any atom is 0.183 e. The van der Waals surface area contributed by atoms with Gasteiger partial charge in [0.25, 0.3) is 0 Å². The van der Waals surface area contributed by atoms with E-state index in [1.165, 1.54) is 12.1 Å². The molecule has 3 nitrogen and oxygen atoms in total. The van der Waals surface area contributed by atoms with Crippen molar-refractivity contribution in [3.05, 3.63) is 29.0 Å². The fourth-order valence-corrected chi connectivity index (χ4v) is 0.917. The molecule has 0 unspecified atom stereocenters. The van der Waals surface area contributed by atoms with Crippen LogP contribution in [0.25, 0.3) is 0 Å². The largest absolute Gasteiger partial charge is 0.483 e. The van der Waals surface area contributed by atoms with Gasteiger partial charge in [0.2, 0.25) is 0 Å². The number of nitrogens with two attached hydrogens (primary N) is 1. The van der Waals surface area contributed by atoms with Crippen molar-refractivity contribution in [2.24, 2.45) is 5.73 Å². The molecule has 0 aliphatic heterocycles. The predicted molar refractivity (Wildman–Crippen MR) is 48.8 cm³/mol. The number of rotatable bonds is 3. The Morgan fingerprint density at radius 3 is 2.92 bits per heavy atom. The van der Waals surface area contributed by atoms with Crippen molar-refractivity contribution in [3.8, 4) is 5.75 Å². The van der Waals surface area contributed by atoms with E-state index in [1.54, 1.807) is 6.07 Å². The molecule has 1 rings (SSSR count). The Morgan fingerprint density at radius 1 is 1.62 bits per heavy atom. The Balaban J connectivity index is 2.77. The molecular weight excluding hydrogens is 195 g/mol. The van der Waals surface area contributed by atoms with Crippen molar-refractivity contribution in [2.45, 2.75) is 0 Å². The quantitative estimate of drug-likeness (QED) is 0.580. The minimum atomic E-state index is -0.634. The molecule has 0 heterocycles. The Kier molecular flexibility index (Phi) is 3.08. The van der Waals surface area contributed by atoms with Crippen LogP contribution >= 0.6 is 11.6 Å². The maximum atomic E-state index is 13.1. The molecule has 0 spiro atoms. The standard InChI is InChI=1S/C8H8ClFN2O/c9-5-2-1-3-6(8(5)10)13-4-7(11)12/h1-3H,4H2,(H3,11,12). The van der Waals surface area contributed by atoms with Crippen LogP contribution < -0.4 is 10.5 Å². The summed E-state index contributed by atoms with van der Waals surface area (Å²) in [6, 6.07) is 4.39. The van der Waals surface area contributed by atoms with Crippen LogP contribution in [0.1, 0.15) is 0 Å². The van der Waals surface area contributed by atoms with Crippen LogP contribution in [0.15, 0.2) is 18.2 Å². The molecule has 1 aromatic rings. The fourth-order valence-electron chi connectivity index (χ4n) is 0.751. The van der Waals surface area contributed by atoms with Crippen LogP contribution in [0.3, 0.4) is 0 Å². The summed E-state index contributed by atoms with van der Waals surface area (Å²) in [7, 11) is 0. The first kappa shape index (κ1) is 9.80. The van der Waals surface area contributed by atoms with E-state index < -0.39 is 5.82 Å². The Labute approximate surface area is 79.8 Å². The molecule has 1 aromatic carbocycles. The molecule has 0 aliphatic carbocycles. The van der Waals surface area contributed by atoms with Gasteiger partial charge in [0.15, 0.2) is 11.6 Å². The SMILES string of the molecule is N=C(N)COc1cccc(Cl)c1F. The topological polar surface area (TPSA) is 59.1 Å². The monoisotopic (exact) mass is 202 g/mol. The highest BCUT2D eigenvalue weighted by Gasteiger charge is 2.06. The van der Waals surface area contributed by atoms with Crippen molar-refractivity contribution >= 4 is 17.4 Å². The number of benzene rings is 1. The van der Waals surface area contributed by atoms with Crippen LogP contribution in [-0.4, -0.2) is 12.4 Å². The lowest BCUT2D eigenvalue weighted by atomic mass is 10.3. The lowest BCUT2D eigenvalue weighted by Gasteiger charge is -2.05. The summed E-state index contributed by atoms with van der Waals surface area (Å²) < 4.78 is 18.0. The van der Waals surface area contributed by atoms with Crippen molar-refractivity contribution < 1.29 is 9.13 Å². The lowest BCUT2D eigenvalue weighted by molar-refractivity contribution is 0.352. The van der Waals surface area contributed by atoms with E-state index >= 15 is 0 Å². The molecule has 0 saturated carbocycles. The smallest absolute Gasteiger partial charge is 0.183 e. The van der Waals surface area contributed by atoms with Crippen LogP contribution in [0, 0.1) is 11.2 Å². The van der Waals surface area contributed by atoms with Gasteiger partial charge in [0.05, 0.1) is 5.02 Å². The molecule has 5 heteroatoms. The Hall–Kier alpha value is -1.29. The number of halogens is 2. The molecular formula is C8H8ClFN2O. The van der Waals surface area contributed by atoms with Gasteiger partial charge < -0.3 is 10.5 Å². The second-order valence-corrected chi connectivity index (χ2v) is 2.77. The average Bonchev–Trinajstić information content (AvgIpc) is 2.07. The molecule has 0 bridgehead atoms. The summed E-state index contributed by atoms with van der Waals surface area (Å²) in [5.41, 5.74) is 5.03. The van der Waals surface area contributed by atoms with Crippen LogP contribution in [0.4, 0.5) is 4.39 Å². The van der Waals surface area contributed by atoms with Gasteiger partial charge in [-0.1, -0.05) is 17.7 Å². The zero-order chi connectivity index (χ0) is 9.84. The molecule has 0 saturated heterocycles. The highest BCUT2D eigenvalue weighted by atomic mass is 35.5. The highest BCUT2D eigenvalue weighted by Crippen LogP contribution is 2.23. The molecule has 3 N–H and O–H groups in total. The molecule has 0 fully saturated rings. The lowest BCUT2D eigenvalue weighted by Crippen LogP contribution is -2.19. The predicted octanol–water partition coefficient (Wildman–Crippen LogP) is 1.79. The molecule has 0 radical (unpaired) electrons. The number of hydrogen-bond donors (Lipinski definition) is 2. The van der Waals surface area contributed by atoms with Gasteiger partial charge >= 0.3 is 0 Å². The highest BCUT2D eigenvalue weighted by molar-refractivity contribution is 6.30. The second kappa shape index (κ2) is 4.09. The van der Waals surface area contributed by atoms with E-state index in [1.807, 2.05) is 0 Å². The minimum absolute atomic E-state index is 0.00250. The van der Waals surface area contributed by atoms with Gasteiger partial charge in [0.1, 0.15) is 12.4 Å². The zero-order valence-electron chi connectivity index (χ0n) is 6.68. The van der Waals surface area contributed by atoms with Gasteiger partial charge in [-0.2, -0.15) is 0 Å². The number of hydrogen-bond acceptors (Lipinski definition) is 2. The maximum absolute atomic E-state index is 13.1. The van der Waals surface area contributed by atoms with Gasteiger partial charge in [0, 0.05) is 0 Å². The van der Waals surface area contributed by atoms with Gasteiger partial charge in [-0.25, -0.2) is 4.39 Å². The first-order valence-electron chi connectivity index (χ1n) is 3.51. The van der Waals surface area contributed by atoms with Gasteiger partial charge in [-0.3, -0.25) is 5.41 Å². The number of nitrogens with one attached hydrogen (secondary N) is 1. The Morgan fingerprint density at radius 2 is 2.31 bits per heavy atom. The summed E-state index contributed by atoms with van der Waals surface area (Å²) in [5.74, 6) is -0.799. The third kappa shape index (κ3) is 2.59. The number of amidine groups is 1. The molecule has 0 amide bonds. The summed E-state index contributed by atoms with van der Waals surface area (Å²) >= 11 is 5.49. The van der Waals surface area contributed by atoms with E-state index in [4.69, 9.17) is 27.5 Å². The van der Waals surface area contributed by atoms with Crippen molar-refractivity contribution in [3.63, 3.8) is 0 Å². The van der Waals surface area contributed by atoms with Crippen LogP contribution in [0.5, 0.6) is 5.75 Å². The van der Waals surface area contributed by atoms with Crippen molar-refractivity contribution in [1.29, 1.82) is 5.41 Å². The third-order valence-corrected chi connectivity index (χ3v) is 1.59. The van der Waals surface area contributed by atoms with E-state index in [0.29, 0.717) is 0 Å². The summed E-state index contributed by atoms with van der Waals surface area (Å²) in [6.07, 6.45) is 0. The normalized spacial score (nSPS) is 9.69. The molecule has 70 valence electrons. The van der Waals surface area contributed by atoms with Crippen molar-refractivity contribution in [2.75, 3.05) is 6.61 Å². The zero-order valence-corrected chi connectivity index (χ0v) is 7.44. The van der Waals surface area contributed by atoms with Crippen LogP contribution in [0.2, 0.25) is 5.02 Å². The third-order valence-electron chi connectivity index (χ3n) is 1.30. The summed E-state index contributed by atoms with van der Waals surface area (Å²) in [5, 5.41) is 6.85. The molecule has 13 heavy (non-hydrogen) atoms. The fraction of sp³-hybridized carbons (Fsp3) is 0.125. The van der Waals surface area contributed by atoms with E-state index in [-0.39, 0.29) is 23.2 Å². The van der Waals surface area contributed by atoms with Crippen LogP contribution in [-0.2, 0) is 0 Å². The van der Waals surface area contributed by atoms with E-state index in [0.717, 1.165) is 0 Å². The van der Waals surface area contributed by atoms with Gasteiger partial charge in [-0.15, -0.1) is 0 Å². The van der Waals surface area contributed by atoms with E-state index in [2.05, 4.69) is 0 Å². The summed E-state index contributed by atoms with van der Waals surface area (Å²) in [6.45, 7) is -0.142. The minimum Gasteiger partial charge on any atom is -0.483 e. The summed E-state index contributed by atoms with van der Waals surface area (Å²) in [4.78, 5) is 0. The molecule has 0 aliphatic rings. The average molecular weight is 203 g/mol. The first-order valence-corrected chi connectivity index (χ1v) is 3.88. The van der Waals surface area contributed by atoms with Gasteiger partial charge in [-0.05, 0) is 12.1 Å². The van der Waals surface area contributed by atoms with Crippen molar-refractivity contribution in [1.82, 2.24) is 0 Å². The van der Waals surface area contributed by atoms with E-state index in [9.17, 15) is 4.39 Å². The second-order valence-electron chi connectivity index (χ2n) is 2.37. The molecule has 0 atom stereocenters. The first-order chi connectivity index (χ1) is 6.11.